The van der Waals surface area contributed by atoms with E-state index in [1.54, 1.807) is 12.1 Å². The first-order chi connectivity index (χ1) is 9.17. The van der Waals surface area contributed by atoms with Gasteiger partial charge in [-0.2, -0.15) is 0 Å². The predicted molar refractivity (Wildman–Crippen MR) is 85.5 cm³/mol. The molecule has 2 aromatic rings. The summed E-state index contributed by atoms with van der Waals surface area (Å²) >= 11 is 2.30. The predicted octanol–water partition coefficient (Wildman–Crippen LogP) is 3.79. The Bertz CT molecular complexity index is 525. The van der Waals surface area contributed by atoms with Crippen LogP contribution in [0.1, 0.15) is 11.1 Å². The lowest BCUT2D eigenvalue weighted by Gasteiger charge is -2.15. The number of hydrogen-bond donors (Lipinski definition) is 1. The lowest BCUT2D eigenvalue weighted by atomic mass is 9.93. The van der Waals surface area contributed by atoms with E-state index in [0.717, 1.165) is 18.4 Å². The van der Waals surface area contributed by atoms with Crippen molar-refractivity contribution in [2.45, 2.75) is 12.8 Å². The van der Waals surface area contributed by atoms with Crippen LogP contribution in [0.5, 0.6) is 0 Å². The van der Waals surface area contributed by atoms with Crippen LogP contribution in [0, 0.1) is 15.3 Å². The monoisotopic (exact) mass is 369 g/mol. The van der Waals surface area contributed by atoms with Gasteiger partial charge in [-0.05, 0) is 83.3 Å². The Balaban J connectivity index is 2.02. The van der Waals surface area contributed by atoms with Gasteiger partial charge in [-0.25, -0.2) is 4.39 Å². The molecule has 0 aliphatic heterocycles. The lowest BCUT2D eigenvalue weighted by molar-refractivity contribution is 0.530. The van der Waals surface area contributed by atoms with Crippen molar-refractivity contribution in [2.75, 3.05) is 6.54 Å². The summed E-state index contributed by atoms with van der Waals surface area (Å²) < 4.78 is 14.4. The summed E-state index contributed by atoms with van der Waals surface area (Å²) in [5.74, 6) is 0.171. The minimum atomic E-state index is -0.178. The Hall–Kier alpha value is -0.940. The van der Waals surface area contributed by atoms with Gasteiger partial charge in [-0.1, -0.05) is 24.3 Å². The second-order valence-electron chi connectivity index (χ2n) is 4.77. The van der Waals surface area contributed by atoms with E-state index in [1.807, 2.05) is 6.07 Å². The van der Waals surface area contributed by atoms with Crippen LogP contribution in [0.2, 0.25) is 0 Å². The van der Waals surface area contributed by atoms with Gasteiger partial charge in [0, 0.05) is 3.57 Å². The van der Waals surface area contributed by atoms with Gasteiger partial charge in [0.25, 0.3) is 0 Å². The zero-order valence-electron chi connectivity index (χ0n) is 10.7. The molecule has 19 heavy (non-hydrogen) atoms. The molecular weight excluding hydrogens is 352 g/mol. The van der Waals surface area contributed by atoms with Gasteiger partial charge in [0.15, 0.2) is 0 Å². The SMILES string of the molecule is NCC(Cc1ccc(I)cc1)Cc1cccc(F)c1. The molecule has 0 spiro atoms. The van der Waals surface area contributed by atoms with Crippen LogP contribution < -0.4 is 5.73 Å². The molecule has 2 aromatic carbocycles. The average molecular weight is 369 g/mol. The fourth-order valence-electron chi connectivity index (χ4n) is 2.19. The summed E-state index contributed by atoms with van der Waals surface area (Å²) in [6, 6.07) is 15.3. The smallest absolute Gasteiger partial charge is 0.123 e. The molecular formula is C16H17FIN. The summed E-state index contributed by atoms with van der Waals surface area (Å²) in [5, 5.41) is 0. The highest BCUT2D eigenvalue weighted by Crippen LogP contribution is 2.16. The van der Waals surface area contributed by atoms with Gasteiger partial charge in [0.2, 0.25) is 0 Å². The van der Waals surface area contributed by atoms with Crippen LogP contribution in [-0.2, 0) is 12.8 Å². The lowest BCUT2D eigenvalue weighted by Crippen LogP contribution is -2.19. The third kappa shape index (κ3) is 4.58. The Morgan fingerprint density at radius 2 is 1.68 bits per heavy atom. The van der Waals surface area contributed by atoms with Crippen molar-refractivity contribution in [3.05, 3.63) is 69.0 Å². The highest BCUT2D eigenvalue weighted by molar-refractivity contribution is 14.1. The molecule has 3 heteroatoms. The number of halogens is 2. The van der Waals surface area contributed by atoms with Gasteiger partial charge in [-0.3, -0.25) is 0 Å². The normalized spacial score (nSPS) is 12.4. The van der Waals surface area contributed by atoms with E-state index < -0.39 is 0 Å². The number of nitrogens with two attached hydrogens (primary N) is 1. The summed E-state index contributed by atoms with van der Waals surface area (Å²) in [6.45, 7) is 0.614. The average Bonchev–Trinajstić information content (AvgIpc) is 2.40. The third-order valence-corrected chi connectivity index (χ3v) is 3.90. The van der Waals surface area contributed by atoms with Crippen molar-refractivity contribution in [3.63, 3.8) is 0 Å². The molecule has 1 unspecified atom stereocenters. The van der Waals surface area contributed by atoms with Gasteiger partial charge in [0.05, 0.1) is 0 Å². The van der Waals surface area contributed by atoms with E-state index in [4.69, 9.17) is 5.73 Å². The first kappa shape index (κ1) is 14.5. The molecule has 0 saturated carbocycles. The Labute approximate surface area is 127 Å². The van der Waals surface area contributed by atoms with E-state index >= 15 is 0 Å². The zero-order valence-corrected chi connectivity index (χ0v) is 12.8. The summed E-state index contributed by atoms with van der Waals surface area (Å²) in [4.78, 5) is 0. The number of hydrogen-bond acceptors (Lipinski definition) is 1. The Morgan fingerprint density at radius 1 is 1.00 bits per heavy atom. The zero-order chi connectivity index (χ0) is 13.7. The van der Waals surface area contributed by atoms with Gasteiger partial charge in [0.1, 0.15) is 5.82 Å². The van der Waals surface area contributed by atoms with Crippen molar-refractivity contribution in [3.8, 4) is 0 Å². The first-order valence-electron chi connectivity index (χ1n) is 6.36. The maximum absolute atomic E-state index is 13.2. The molecule has 0 aromatic heterocycles. The molecule has 0 saturated heterocycles. The van der Waals surface area contributed by atoms with Crippen molar-refractivity contribution >= 4 is 22.6 Å². The summed E-state index contributed by atoms with van der Waals surface area (Å²) in [7, 11) is 0. The first-order valence-corrected chi connectivity index (χ1v) is 7.44. The molecule has 0 aliphatic rings. The fourth-order valence-corrected chi connectivity index (χ4v) is 2.55. The summed E-state index contributed by atoms with van der Waals surface area (Å²) in [6.07, 6.45) is 1.75. The van der Waals surface area contributed by atoms with E-state index in [1.165, 1.54) is 15.2 Å². The van der Waals surface area contributed by atoms with Crippen LogP contribution in [0.3, 0.4) is 0 Å². The number of rotatable bonds is 5. The second kappa shape index (κ2) is 7.01. The van der Waals surface area contributed by atoms with Crippen molar-refractivity contribution < 1.29 is 4.39 Å². The second-order valence-corrected chi connectivity index (χ2v) is 6.01. The molecule has 0 aliphatic carbocycles. The van der Waals surface area contributed by atoms with Gasteiger partial charge in [-0.15, -0.1) is 0 Å². The number of benzene rings is 2. The van der Waals surface area contributed by atoms with Crippen molar-refractivity contribution in [1.29, 1.82) is 0 Å². The van der Waals surface area contributed by atoms with Gasteiger partial charge < -0.3 is 5.73 Å². The maximum atomic E-state index is 13.2. The molecule has 0 heterocycles. The highest BCUT2D eigenvalue weighted by Gasteiger charge is 2.09. The topological polar surface area (TPSA) is 26.0 Å². The molecule has 0 bridgehead atoms. The van der Waals surface area contributed by atoms with E-state index in [0.29, 0.717) is 12.5 Å². The third-order valence-electron chi connectivity index (χ3n) is 3.18. The fraction of sp³-hybridized carbons (Fsp3) is 0.250. The molecule has 1 nitrogen and oxygen atoms in total. The van der Waals surface area contributed by atoms with Crippen LogP contribution >= 0.6 is 22.6 Å². The van der Waals surface area contributed by atoms with Crippen LogP contribution in [0.15, 0.2) is 48.5 Å². The molecule has 0 amide bonds. The van der Waals surface area contributed by atoms with Crippen LogP contribution in [0.25, 0.3) is 0 Å². The molecule has 0 fully saturated rings. The molecule has 100 valence electrons. The largest absolute Gasteiger partial charge is 0.330 e. The van der Waals surface area contributed by atoms with E-state index in [2.05, 4.69) is 46.9 Å². The standard InChI is InChI=1S/C16H17FIN/c17-15-3-1-2-13(10-15)9-14(11-19)8-12-4-6-16(18)7-5-12/h1-7,10,14H,8-9,11,19H2. The van der Waals surface area contributed by atoms with Crippen LogP contribution in [0.4, 0.5) is 4.39 Å². The molecule has 2 rings (SSSR count). The molecule has 2 N–H and O–H groups in total. The highest BCUT2D eigenvalue weighted by atomic mass is 127. The Morgan fingerprint density at radius 3 is 2.32 bits per heavy atom. The van der Waals surface area contributed by atoms with E-state index in [9.17, 15) is 4.39 Å². The van der Waals surface area contributed by atoms with E-state index in [-0.39, 0.29) is 5.82 Å². The Kier molecular flexibility index (Phi) is 5.34. The minimum absolute atomic E-state index is 0.178. The van der Waals surface area contributed by atoms with Gasteiger partial charge >= 0.3 is 0 Å². The van der Waals surface area contributed by atoms with Crippen molar-refractivity contribution in [2.24, 2.45) is 11.7 Å². The summed E-state index contributed by atoms with van der Waals surface area (Å²) in [5.41, 5.74) is 8.14. The molecule has 0 radical (unpaired) electrons. The van der Waals surface area contributed by atoms with Crippen LogP contribution in [-0.4, -0.2) is 6.54 Å². The maximum Gasteiger partial charge on any atom is 0.123 e. The molecule has 1 atom stereocenters. The van der Waals surface area contributed by atoms with Crippen molar-refractivity contribution in [1.82, 2.24) is 0 Å². The quantitative estimate of drug-likeness (QED) is 0.798. The minimum Gasteiger partial charge on any atom is -0.330 e.